The van der Waals surface area contributed by atoms with Crippen LogP contribution >= 0.6 is 11.8 Å². The van der Waals surface area contributed by atoms with Gasteiger partial charge in [-0.25, -0.2) is 9.37 Å². The van der Waals surface area contributed by atoms with E-state index in [1.807, 2.05) is 35.8 Å². The monoisotopic (exact) mass is 385 g/mol. The predicted octanol–water partition coefficient (Wildman–Crippen LogP) is 3.60. The lowest BCUT2D eigenvalue weighted by Crippen LogP contribution is -2.14. The molecule has 0 radical (unpaired) electrons. The van der Waals surface area contributed by atoms with Crippen molar-refractivity contribution in [1.29, 1.82) is 0 Å². The van der Waals surface area contributed by atoms with Crippen LogP contribution in [0.2, 0.25) is 0 Å². The molecule has 0 saturated heterocycles. The van der Waals surface area contributed by atoms with Gasteiger partial charge in [0.15, 0.2) is 5.16 Å². The first-order chi connectivity index (χ1) is 13.0. The van der Waals surface area contributed by atoms with E-state index in [1.54, 1.807) is 18.3 Å². The fourth-order valence-corrected chi connectivity index (χ4v) is 3.34. The molecule has 3 aromatic rings. The summed E-state index contributed by atoms with van der Waals surface area (Å²) in [7, 11) is 0. The number of aromatic nitrogens is 2. The van der Waals surface area contributed by atoms with Crippen LogP contribution in [0.1, 0.15) is 16.8 Å². The molecule has 0 aliphatic rings. The van der Waals surface area contributed by atoms with Gasteiger partial charge < -0.3 is 15.0 Å². The maximum Gasteiger partial charge on any atom is 0.234 e. The van der Waals surface area contributed by atoms with Crippen LogP contribution in [-0.4, -0.2) is 26.3 Å². The fourth-order valence-electron chi connectivity index (χ4n) is 2.54. The third-order valence-electron chi connectivity index (χ3n) is 3.87. The number of hydrogen-bond acceptors (Lipinski definition) is 4. The zero-order valence-electron chi connectivity index (χ0n) is 14.9. The van der Waals surface area contributed by atoms with E-state index in [9.17, 15) is 14.3 Å². The van der Waals surface area contributed by atoms with Crippen molar-refractivity contribution in [3.63, 3.8) is 0 Å². The number of anilines is 1. The number of carbonyl (C=O) groups is 1. The van der Waals surface area contributed by atoms with Gasteiger partial charge in [0.1, 0.15) is 5.82 Å². The van der Waals surface area contributed by atoms with Crippen molar-refractivity contribution in [3.8, 4) is 0 Å². The van der Waals surface area contributed by atoms with E-state index < -0.39 is 5.82 Å². The first-order valence-corrected chi connectivity index (χ1v) is 9.43. The summed E-state index contributed by atoms with van der Waals surface area (Å²) in [6.45, 7) is 2.47. The SMILES string of the molecule is Cc1ccc(Cn2cc(CO)nc2SCC(=O)Nc2cccc(F)c2)cc1. The van der Waals surface area contributed by atoms with Gasteiger partial charge in [-0.1, -0.05) is 47.7 Å². The molecule has 0 spiro atoms. The average molecular weight is 385 g/mol. The molecular formula is C20H20FN3O2S. The minimum atomic E-state index is -0.401. The first kappa shape index (κ1) is 19.1. The maximum atomic E-state index is 13.2. The van der Waals surface area contributed by atoms with Crippen molar-refractivity contribution in [2.24, 2.45) is 0 Å². The Balaban J connectivity index is 1.66. The van der Waals surface area contributed by atoms with Crippen LogP contribution in [0.15, 0.2) is 59.9 Å². The number of amides is 1. The van der Waals surface area contributed by atoms with Crippen LogP contribution in [0.5, 0.6) is 0 Å². The minimum Gasteiger partial charge on any atom is -0.390 e. The Morgan fingerprint density at radius 1 is 1.26 bits per heavy atom. The number of aryl methyl sites for hydroxylation is 1. The molecule has 0 unspecified atom stereocenters. The van der Waals surface area contributed by atoms with Crippen molar-refractivity contribution in [2.45, 2.75) is 25.2 Å². The largest absolute Gasteiger partial charge is 0.390 e. The van der Waals surface area contributed by atoms with E-state index in [4.69, 9.17) is 0 Å². The number of aliphatic hydroxyl groups excluding tert-OH is 1. The second kappa shape index (κ2) is 8.83. The van der Waals surface area contributed by atoms with Crippen LogP contribution in [0.25, 0.3) is 0 Å². The van der Waals surface area contributed by atoms with E-state index in [2.05, 4.69) is 10.3 Å². The summed E-state index contributed by atoms with van der Waals surface area (Å²) >= 11 is 1.27. The zero-order valence-corrected chi connectivity index (χ0v) is 15.7. The lowest BCUT2D eigenvalue weighted by molar-refractivity contribution is -0.113. The number of hydrogen-bond donors (Lipinski definition) is 2. The number of imidazole rings is 1. The molecule has 0 aliphatic carbocycles. The summed E-state index contributed by atoms with van der Waals surface area (Å²) in [6, 6.07) is 13.9. The average Bonchev–Trinajstić information content (AvgIpc) is 3.04. The fraction of sp³-hybridized carbons (Fsp3) is 0.200. The Bertz CT molecular complexity index is 925. The molecule has 1 amide bonds. The highest BCUT2D eigenvalue weighted by atomic mass is 32.2. The molecule has 0 saturated carbocycles. The van der Waals surface area contributed by atoms with E-state index in [1.165, 1.54) is 29.5 Å². The van der Waals surface area contributed by atoms with Gasteiger partial charge in [-0.2, -0.15) is 0 Å². The molecule has 1 aromatic heterocycles. The van der Waals surface area contributed by atoms with Gasteiger partial charge in [0.2, 0.25) is 5.91 Å². The van der Waals surface area contributed by atoms with Crippen molar-refractivity contribution >= 4 is 23.4 Å². The molecule has 27 heavy (non-hydrogen) atoms. The molecule has 2 N–H and O–H groups in total. The summed E-state index contributed by atoms with van der Waals surface area (Å²) < 4.78 is 15.1. The number of halogens is 1. The number of rotatable bonds is 7. The van der Waals surface area contributed by atoms with Gasteiger partial charge in [-0.3, -0.25) is 4.79 Å². The van der Waals surface area contributed by atoms with Gasteiger partial charge in [0.05, 0.1) is 18.1 Å². The number of aliphatic hydroxyl groups is 1. The number of nitrogens with zero attached hydrogens (tertiary/aromatic N) is 2. The molecule has 2 aromatic carbocycles. The third-order valence-corrected chi connectivity index (χ3v) is 4.86. The van der Waals surface area contributed by atoms with Crippen LogP contribution in [0, 0.1) is 12.7 Å². The van der Waals surface area contributed by atoms with E-state index in [-0.39, 0.29) is 18.3 Å². The topological polar surface area (TPSA) is 67.1 Å². The second-order valence-corrected chi connectivity index (χ2v) is 7.08. The number of carbonyl (C=O) groups excluding carboxylic acids is 1. The summed E-state index contributed by atoms with van der Waals surface area (Å²) in [4.78, 5) is 16.5. The van der Waals surface area contributed by atoms with Crippen LogP contribution in [-0.2, 0) is 17.9 Å². The lowest BCUT2D eigenvalue weighted by atomic mass is 10.1. The zero-order chi connectivity index (χ0) is 19.2. The summed E-state index contributed by atoms with van der Waals surface area (Å²) in [6.07, 6.45) is 1.78. The summed E-state index contributed by atoms with van der Waals surface area (Å²) in [5.74, 6) is -0.519. The lowest BCUT2D eigenvalue weighted by Gasteiger charge is -2.08. The Morgan fingerprint density at radius 3 is 2.74 bits per heavy atom. The van der Waals surface area contributed by atoms with Crippen LogP contribution < -0.4 is 5.32 Å². The van der Waals surface area contributed by atoms with Crippen molar-refractivity contribution in [1.82, 2.24) is 9.55 Å². The van der Waals surface area contributed by atoms with E-state index >= 15 is 0 Å². The van der Waals surface area contributed by atoms with Crippen molar-refractivity contribution in [2.75, 3.05) is 11.1 Å². The number of thioether (sulfide) groups is 1. The second-order valence-electron chi connectivity index (χ2n) is 6.13. The third kappa shape index (κ3) is 5.42. The van der Waals surface area contributed by atoms with Crippen LogP contribution in [0.4, 0.5) is 10.1 Å². The molecule has 0 fully saturated rings. The normalized spacial score (nSPS) is 10.8. The van der Waals surface area contributed by atoms with Gasteiger partial charge in [0.25, 0.3) is 0 Å². The Labute approximate surface area is 161 Å². The van der Waals surface area contributed by atoms with Crippen molar-refractivity contribution in [3.05, 3.63) is 77.4 Å². The highest BCUT2D eigenvalue weighted by molar-refractivity contribution is 7.99. The molecule has 0 aliphatic heterocycles. The van der Waals surface area contributed by atoms with Crippen molar-refractivity contribution < 1.29 is 14.3 Å². The number of benzene rings is 2. The highest BCUT2D eigenvalue weighted by Crippen LogP contribution is 2.20. The number of nitrogens with one attached hydrogen (secondary N) is 1. The predicted molar refractivity (Wildman–Crippen MR) is 104 cm³/mol. The molecule has 140 valence electrons. The Hall–Kier alpha value is -2.64. The summed E-state index contributed by atoms with van der Waals surface area (Å²) in [5.41, 5.74) is 3.26. The van der Waals surface area contributed by atoms with Crippen LogP contribution in [0.3, 0.4) is 0 Å². The van der Waals surface area contributed by atoms with Gasteiger partial charge in [-0.15, -0.1) is 0 Å². The van der Waals surface area contributed by atoms with Gasteiger partial charge in [0, 0.05) is 18.4 Å². The van der Waals surface area contributed by atoms with E-state index in [0.717, 1.165) is 5.56 Å². The molecular weight excluding hydrogens is 365 g/mol. The molecule has 5 nitrogen and oxygen atoms in total. The Morgan fingerprint density at radius 2 is 2.04 bits per heavy atom. The maximum absolute atomic E-state index is 13.2. The Kier molecular flexibility index (Phi) is 6.26. The standard InChI is InChI=1S/C20H20FN3O2S/c1-14-5-7-15(8-6-14)10-24-11-18(12-25)23-20(24)27-13-19(26)22-17-4-2-3-16(21)9-17/h2-9,11,25H,10,12-13H2,1H3,(H,22,26). The molecule has 1 heterocycles. The molecule has 0 atom stereocenters. The van der Waals surface area contributed by atoms with Gasteiger partial charge in [-0.05, 0) is 30.7 Å². The minimum absolute atomic E-state index is 0.131. The summed E-state index contributed by atoms with van der Waals surface area (Å²) in [5, 5.41) is 12.7. The first-order valence-electron chi connectivity index (χ1n) is 8.44. The van der Waals surface area contributed by atoms with E-state index in [0.29, 0.717) is 23.1 Å². The highest BCUT2D eigenvalue weighted by Gasteiger charge is 2.12. The smallest absolute Gasteiger partial charge is 0.234 e. The molecule has 3 rings (SSSR count). The quantitative estimate of drug-likeness (QED) is 0.610. The van der Waals surface area contributed by atoms with Gasteiger partial charge >= 0.3 is 0 Å². The molecule has 7 heteroatoms. The molecule has 0 bridgehead atoms.